The first-order valence-electron chi connectivity index (χ1n) is 45.5. The van der Waals surface area contributed by atoms with Gasteiger partial charge in [-0.05, 0) is 117 Å². The number of hydrogen-bond donors (Lipinski definition) is 2. The molecule has 0 saturated heterocycles. The third-order valence-corrected chi connectivity index (χ3v) is 27.4. The van der Waals surface area contributed by atoms with Gasteiger partial charge in [-0.2, -0.15) is 0 Å². The van der Waals surface area contributed by atoms with E-state index < -0.39 is 66.7 Å². The number of pyridine rings is 6. The van der Waals surface area contributed by atoms with Gasteiger partial charge in [-0.1, -0.05) is 259 Å². The lowest BCUT2D eigenvalue weighted by Gasteiger charge is -2.27. The quantitative estimate of drug-likeness (QED) is 0.0205. The molecule has 0 radical (unpaired) electrons. The van der Waals surface area contributed by atoms with Crippen molar-refractivity contribution in [1.82, 2.24) is 28.2 Å². The van der Waals surface area contributed by atoms with Gasteiger partial charge in [-0.3, -0.25) is 85.8 Å². The fraction of sp³-hybridized carbons (Fsp3) is 0.480. The zero-order valence-corrected chi connectivity index (χ0v) is 69.4. The summed E-state index contributed by atoms with van der Waals surface area (Å²) >= 11 is 0. The Labute approximate surface area is 680 Å². The molecule has 6 aromatic heterocycles. The molecule has 0 unspecified atom stereocenters. The van der Waals surface area contributed by atoms with E-state index in [4.69, 9.17) is 0 Å². The molecule has 17 aromatic rings. The van der Waals surface area contributed by atoms with Crippen molar-refractivity contribution >= 4 is 172 Å². The van der Waals surface area contributed by atoms with Gasteiger partial charge >= 0.3 is 0 Å². The highest BCUT2D eigenvalue weighted by atomic mass is 16.2. The molecule has 18 nitrogen and oxygen atoms in total. The second kappa shape index (κ2) is 33.8. The third-order valence-electron chi connectivity index (χ3n) is 27.4. The highest BCUT2D eigenvalue weighted by Gasteiger charge is 2.36. The second-order valence-electron chi connectivity index (χ2n) is 35.1. The second-order valence-corrected chi connectivity index (χ2v) is 35.1. The van der Waals surface area contributed by atoms with Gasteiger partial charge in [0.1, 0.15) is 0 Å². The molecule has 0 bridgehead atoms. The lowest BCUT2D eigenvalue weighted by Crippen LogP contribution is -2.36. The third kappa shape index (κ3) is 13.2. The summed E-state index contributed by atoms with van der Waals surface area (Å²) in [6.45, 7) is 8.97. The molecule has 0 aliphatic heterocycles. The number of rotatable bonds is 44. The molecule has 0 atom stereocenters. The Morgan fingerprint density at radius 3 is 0.517 bits per heavy atom. The number of aromatic nitrogens is 6. The van der Waals surface area contributed by atoms with Crippen molar-refractivity contribution in [2.75, 3.05) is 0 Å². The maximum Gasteiger partial charge on any atom is 0.262 e. The molecule has 0 aliphatic rings. The SMILES string of the molecule is CCCCCCCCCCCCn1c(=O)c2ccc3c(=O)n(CCCCCCCCCCCC)c(=O)c4c3c2c(c1=O)c1c2cc3c(=O)[nH]c(=O)c5cc6c7c8c(=O)n(CCCCCCCCCCCC)c(=O)c9ccc%10c(=O)n(CCCCCCCCCCCC)c(=O)c(c%10c98)c7c7cc8c(=O)[nH]c(=O)c9cc(c41)c1c2c(c35)c6c7c1c98. The Balaban J connectivity index is 0.995. The van der Waals surface area contributed by atoms with E-state index in [1.165, 1.54) is 95.3 Å². The molecule has 0 spiro atoms. The number of unbranched alkanes of at least 4 members (excludes halogenated alkanes) is 36. The monoisotopic (exact) mass is 1590 g/mol. The van der Waals surface area contributed by atoms with E-state index in [1.54, 1.807) is 48.5 Å². The van der Waals surface area contributed by atoms with Gasteiger partial charge < -0.3 is 0 Å². The molecular weight excluding hydrogens is 1480 g/mol. The summed E-state index contributed by atoms with van der Waals surface area (Å²) in [5, 5.41) is 5.39. The molecule has 0 saturated carbocycles. The smallest absolute Gasteiger partial charge is 0.262 e. The number of fused-ring (bicyclic) bond motifs is 10. The van der Waals surface area contributed by atoms with Crippen LogP contribution in [-0.2, 0) is 26.2 Å². The van der Waals surface area contributed by atoms with Crippen molar-refractivity contribution in [1.29, 1.82) is 0 Å². The molecule has 118 heavy (non-hydrogen) atoms. The first-order valence-corrected chi connectivity index (χ1v) is 45.5. The van der Waals surface area contributed by atoms with Gasteiger partial charge in [-0.25, -0.2) is 0 Å². The topological polar surface area (TPSA) is 256 Å². The summed E-state index contributed by atoms with van der Waals surface area (Å²) in [4.78, 5) is 196. The van der Waals surface area contributed by atoms with Gasteiger partial charge in [0.2, 0.25) is 0 Å². The van der Waals surface area contributed by atoms with E-state index in [-0.39, 0.29) is 166 Å². The van der Waals surface area contributed by atoms with E-state index >= 15 is 57.5 Å². The Bertz CT molecular complexity index is 6590. The normalized spacial score (nSPS) is 12.8. The summed E-state index contributed by atoms with van der Waals surface area (Å²) in [6, 6.07) is 13.0. The van der Waals surface area contributed by atoms with Gasteiger partial charge in [0.15, 0.2) is 0 Å². The first-order chi connectivity index (χ1) is 57.6. The number of aromatic amines is 2. The van der Waals surface area contributed by atoms with E-state index in [9.17, 15) is 0 Å². The van der Waals surface area contributed by atoms with E-state index in [2.05, 4.69) is 37.7 Å². The van der Waals surface area contributed by atoms with Crippen molar-refractivity contribution in [2.45, 2.75) is 311 Å². The van der Waals surface area contributed by atoms with Crippen molar-refractivity contribution in [3.8, 4) is 0 Å². The molecule has 6 heterocycles. The van der Waals surface area contributed by atoms with Gasteiger partial charge in [0.05, 0.1) is 21.5 Å². The fourth-order valence-electron chi connectivity index (χ4n) is 21.5. The maximum atomic E-state index is 16.6. The minimum absolute atomic E-state index is 0.0113. The molecular formula is C100H110N6O12. The van der Waals surface area contributed by atoms with Crippen LogP contribution in [0.5, 0.6) is 0 Å². The number of benzene rings is 11. The Hall–Kier alpha value is -10.4. The van der Waals surface area contributed by atoms with Crippen LogP contribution in [0, 0.1) is 0 Å². The van der Waals surface area contributed by atoms with E-state index in [1.807, 2.05) is 0 Å². The number of nitrogens with zero attached hydrogens (tertiary/aromatic N) is 4. The van der Waals surface area contributed by atoms with Crippen LogP contribution in [0.25, 0.3) is 172 Å². The van der Waals surface area contributed by atoms with Crippen LogP contribution in [-0.4, -0.2) is 28.2 Å². The highest BCUT2D eigenvalue weighted by Crippen LogP contribution is 2.58. The Morgan fingerprint density at radius 1 is 0.169 bits per heavy atom. The summed E-state index contributed by atoms with van der Waals surface area (Å²) < 4.78 is 5.05. The predicted octanol–water partition coefficient (Wildman–Crippen LogP) is 20.9. The molecule has 2 N–H and O–H groups in total. The fourth-order valence-corrected chi connectivity index (χ4v) is 21.5. The van der Waals surface area contributed by atoms with Crippen LogP contribution in [0.15, 0.2) is 106 Å². The Morgan fingerprint density at radius 2 is 0.331 bits per heavy atom. The van der Waals surface area contributed by atoms with Crippen molar-refractivity contribution in [3.63, 3.8) is 0 Å². The lowest BCUT2D eigenvalue weighted by atomic mass is 9.75. The maximum absolute atomic E-state index is 16.6. The van der Waals surface area contributed by atoms with Crippen LogP contribution in [0.2, 0.25) is 0 Å². The standard InChI is InChI=1S/C100H110N6O12/c1-5-9-13-17-21-25-29-33-37-41-49-103-93(111)57-45-46-58-72-71(57)85(97(103)115)79-61-53-65-69-67(91(109)101-89(65)107)55-63-77-78-64(56-68-70-66(90(108)102-92(68)110)54-62(76(84(70)78)75(61)83(69)77)80(79)86(72)98(116)104(94(58)112)50-42-38-34-30-26-22-18-14-10-6-2)82-81(63)87-73-59(95(113)105(99(87)117)51-43-39-35-31-27-23-19-15-11-7-3)47-48-60-74(73)88(82)100(118)106(96(60)114)52-44-40-36-32-28-24-20-16-12-8-4/h45-48,53-56H,5-44,49-52H2,1-4H3,(H,101,107,109)(H,102,108,110). The molecule has 0 aliphatic carbocycles. The number of nitrogens with one attached hydrogen (secondary N) is 2. The zero-order chi connectivity index (χ0) is 81.9. The summed E-state index contributed by atoms with van der Waals surface area (Å²) in [6.07, 6.45) is 40.2. The average Bonchev–Trinajstić information content (AvgIpc) is 0.643. The van der Waals surface area contributed by atoms with Crippen molar-refractivity contribution < 1.29 is 0 Å². The van der Waals surface area contributed by atoms with E-state index in [0.29, 0.717) is 58.0 Å². The van der Waals surface area contributed by atoms with Crippen LogP contribution in [0.4, 0.5) is 0 Å². The minimum Gasteiger partial charge on any atom is -0.288 e. The molecule has 0 fully saturated rings. The van der Waals surface area contributed by atoms with Crippen molar-refractivity contribution in [2.24, 2.45) is 0 Å². The van der Waals surface area contributed by atoms with Gasteiger partial charge in [0, 0.05) is 134 Å². The average molecular weight is 1590 g/mol. The molecule has 612 valence electrons. The molecule has 0 amide bonds. The van der Waals surface area contributed by atoms with Crippen LogP contribution in [0.3, 0.4) is 0 Å². The van der Waals surface area contributed by atoms with Gasteiger partial charge in [-0.15, -0.1) is 0 Å². The Kier molecular flexibility index (Phi) is 22.9. The van der Waals surface area contributed by atoms with Crippen LogP contribution < -0.4 is 66.7 Å². The largest absolute Gasteiger partial charge is 0.288 e. The lowest BCUT2D eigenvalue weighted by molar-refractivity contribution is 0.527. The summed E-state index contributed by atoms with van der Waals surface area (Å²) in [5.74, 6) is 0. The van der Waals surface area contributed by atoms with Gasteiger partial charge in [0.25, 0.3) is 66.7 Å². The summed E-state index contributed by atoms with van der Waals surface area (Å²) in [5.41, 5.74) is -8.17. The minimum atomic E-state index is -0.772. The molecule has 18 heteroatoms. The molecule has 17 rings (SSSR count). The first kappa shape index (κ1) is 80.1. The zero-order valence-electron chi connectivity index (χ0n) is 69.4. The van der Waals surface area contributed by atoms with Crippen LogP contribution in [0.1, 0.15) is 285 Å². The summed E-state index contributed by atoms with van der Waals surface area (Å²) in [7, 11) is 0. The number of H-pyrrole nitrogens is 2. The number of hydrogen-bond acceptors (Lipinski definition) is 12. The highest BCUT2D eigenvalue weighted by molar-refractivity contribution is 6.58. The van der Waals surface area contributed by atoms with Crippen LogP contribution >= 0.6 is 0 Å². The molecule has 11 aromatic carbocycles. The predicted molar refractivity (Wildman–Crippen MR) is 490 cm³/mol. The van der Waals surface area contributed by atoms with Crippen molar-refractivity contribution in [3.05, 3.63) is 173 Å². The van der Waals surface area contributed by atoms with E-state index in [0.717, 1.165) is 154 Å².